The number of nitrogens with zero attached hydrogens (tertiary/aromatic N) is 2. The summed E-state index contributed by atoms with van der Waals surface area (Å²) < 4.78 is 1.60. The first-order valence-corrected chi connectivity index (χ1v) is 9.09. The molecule has 0 aliphatic rings. The Bertz CT molecular complexity index is 915. The van der Waals surface area contributed by atoms with E-state index < -0.39 is 0 Å². The number of hydrogen-bond acceptors (Lipinski definition) is 2. The number of halogens is 2. The molecule has 0 unspecified atom stereocenters. The molecule has 0 fully saturated rings. The average molecular weight is 388 g/mol. The monoisotopic (exact) mass is 387 g/mol. The first-order valence-electron chi connectivity index (χ1n) is 8.34. The average Bonchev–Trinajstić information content (AvgIpc) is 2.90. The third-order valence-electron chi connectivity index (χ3n) is 4.14. The number of rotatable bonds is 5. The van der Waals surface area contributed by atoms with Crippen molar-refractivity contribution < 1.29 is 4.79 Å². The molecule has 0 aliphatic carbocycles. The van der Waals surface area contributed by atoms with Gasteiger partial charge >= 0.3 is 0 Å². The van der Waals surface area contributed by atoms with Gasteiger partial charge in [-0.2, -0.15) is 5.10 Å². The predicted octanol–water partition coefficient (Wildman–Crippen LogP) is 5.14. The van der Waals surface area contributed by atoms with E-state index in [1.807, 2.05) is 55.5 Å². The topological polar surface area (TPSA) is 46.9 Å². The number of benzene rings is 2. The Kier molecular flexibility index (Phi) is 5.64. The van der Waals surface area contributed by atoms with Crippen molar-refractivity contribution in [3.63, 3.8) is 0 Å². The maximum absolute atomic E-state index is 12.4. The number of carbonyl (C=O) groups is 1. The zero-order valence-corrected chi connectivity index (χ0v) is 16.1. The van der Waals surface area contributed by atoms with Crippen molar-refractivity contribution in [2.45, 2.75) is 19.8 Å². The van der Waals surface area contributed by atoms with E-state index in [1.54, 1.807) is 11.7 Å². The van der Waals surface area contributed by atoms with Gasteiger partial charge in [-0.25, -0.2) is 0 Å². The van der Waals surface area contributed by atoms with Crippen LogP contribution < -0.4 is 5.32 Å². The Morgan fingerprint density at radius 1 is 1.04 bits per heavy atom. The summed E-state index contributed by atoms with van der Waals surface area (Å²) in [6.45, 7) is 1.97. The molecule has 4 nitrogen and oxygen atoms in total. The van der Waals surface area contributed by atoms with E-state index in [0.29, 0.717) is 22.3 Å². The van der Waals surface area contributed by atoms with Gasteiger partial charge in [0.05, 0.1) is 12.1 Å². The van der Waals surface area contributed by atoms with Gasteiger partial charge < -0.3 is 5.32 Å². The van der Waals surface area contributed by atoms with Crippen LogP contribution in [0.3, 0.4) is 0 Å². The lowest BCUT2D eigenvalue weighted by Gasteiger charge is -2.07. The van der Waals surface area contributed by atoms with E-state index in [0.717, 1.165) is 22.4 Å². The number of aryl methyl sites for hydroxylation is 2. The Balaban J connectivity index is 1.68. The highest BCUT2D eigenvalue weighted by atomic mass is 35.5. The molecule has 0 saturated carbocycles. The fourth-order valence-corrected chi connectivity index (χ4v) is 3.20. The molecule has 0 saturated heterocycles. The van der Waals surface area contributed by atoms with Gasteiger partial charge in [-0.15, -0.1) is 0 Å². The van der Waals surface area contributed by atoms with Gasteiger partial charge in [-0.3, -0.25) is 9.48 Å². The van der Waals surface area contributed by atoms with Crippen molar-refractivity contribution in [1.29, 1.82) is 0 Å². The van der Waals surface area contributed by atoms with Crippen LogP contribution in [-0.2, 0) is 24.7 Å². The molecule has 1 heterocycles. The molecule has 2 aromatic carbocycles. The van der Waals surface area contributed by atoms with Crippen LogP contribution in [0.5, 0.6) is 0 Å². The van der Waals surface area contributed by atoms with E-state index >= 15 is 0 Å². The van der Waals surface area contributed by atoms with Crippen LogP contribution in [-0.4, -0.2) is 15.7 Å². The molecule has 3 rings (SSSR count). The fourth-order valence-electron chi connectivity index (χ4n) is 2.73. The maximum Gasteiger partial charge on any atom is 0.229 e. The summed E-state index contributed by atoms with van der Waals surface area (Å²) >= 11 is 12.2. The summed E-state index contributed by atoms with van der Waals surface area (Å²) in [5, 5.41) is 8.36. The number of hydrogen-bond donors (Lipinski definition) is 1. The zero-order valence-electron chi connectivity index (χ0n) is 14.6. The van der Waals surface area contributed by atoms with Gasteiger partial charge in [-0.05, 0) is 35.2 Å². The first-order chi connectivity index (χ1) is 12.5. The molecular formula is C20H19Cl2N3O. The second kappa shape index (κ2) is 7.94. The van der Waals surface area contributed by atoms with Crippen molar-refractivity contribution in [1.82, 2.24) is 9.78 Å². The summed E-state index contributed by atoms with van der Waals surface area (Å²) in [6, 6.07) is 15.6. The second-order valence-corrected chi connectivity index (χ2v) is 6.83. The van der Waals surface area contributed by atoms with Gasteiger partial charge in [-0.1, -0.05) is 66.5 Å². The molecule has 1 amide bonds. The van der Waals surface area contributed by atoms with E-state index in [4.69, 9.17) is 23.2 Å². The summed E-state index contributed by atoms with van der Waals surface area (Å²) in [5.41, 5.74) is 3.86. The normalized spacial score (nSPS) is 10.8. The van der Waals surface area contributed by atoms with Gasteiger partial charge in [0, 0.05) is 12.1 Å². The largest absolute Gasteiger partial charge is 0.309 e. The van der Waals surface area contributed by atoms with E-state index in [1.165, 1.54) is 0 Å². The second-order valence-electron chi connectivity index (χ2n) is 6.02. The smallest absolute Gasteiger partial charge is 0.229 e. The minimum atomic E-state index is -0.128. The Hall–Kier alpha value is -2.30. The molecule has 1 N–H and O–H groups in total. The molecule has 0 aliphatic heterocycles. The maximum atomic E-state index is 12.4. The number of amides is 1. The minimum absolute atomic E-state index is 0.128. The van der Waals surface area contributed by atoms with Crippen molar-refractivity contribution >= 4 is 34.9 Å². The Morgan fingerprint density at radius 2 is 1.62 bits per heavy atom. The highest BCUT2D eigenvalue weighted by molar-refractivity contribution is 6.34. The van der Waals surface area contributed by atoms with Crippen LogP contribution in [0.4, 0.5) is 5.82 Å². The minimum Gasteiger partial charge on any atom is -0.309 e. The molecule has 26 heavy (non-hydrogen) atoms. The molecule has 0 atom stereocenters. The highest BCUT2D eigenvalue weighted by Gasteiger charge is 2.15. The van der Waals surface area contributed by atoms with E-state index in [-0.39, 0.29) is 12.3 Å². The third-order valence-corrected chi connectivity index (χ3v) is 4.79. The van der Waals surface area contributed by atoms with E-state index in [2.05, 4.69) is 10.4 Å². The number of carbonyl (C=O) groups excluding carboxylic acids is 1. The Morgan fingerprint density at radius 3 is 2.15 bits per heavy atom. The van der Waals surface area contributed by atoms with Crippen molar-refractivity contribution in [3.05, 3.63) is 69.8 Å². The molecule has 0 spiro atoms. The molecule has 134 valence electrons. The fraction of sp³-hybridized carbons (Fsp3) is 0.200. The third kappa shape index (κ3) is 4.09. The lowest BCUT2D eigenvalue weighted by atomic mass is 10.0. The van der Waals surface area contributed by atoms with Crippen LogP contribution in [0, 0.1) is 0 Å². The van der Waals surface area contributed by atoms with Crippen LogP contribution in [0.15, 0.2) is 48.5 Å². The van der Waals surface area contributed by atoms with Crippen LogP contribution in [0.1, 0.15) is 18.2 Å². The van der Waals surface area contributed by atoms with Gasteiger partial charge in [0.25, 0.3) is 0 Å². The summed E-state index contributed by atoms with van der Waals surface area (Å²) in [5.74, 6) is 0.406. The van der Waals surface area contributed by atoms with Crippen molar-refractivity contribution in [3.8, 4) is 11.1 Å². The summed E-state index contributed by atoms with van der Waals surface area (Å²) in [7, 11) is 1.77. The molecule has 3 aromatic rings. The summed E-state index contributed by atoms with van der Waals surface area (Å²) in [4.78, 5) is 12.4. The standard InChI is InChI=1S/C20H19Cl2N3O/c1-3-17-19(22)20(25(2)24-17)23-18(26)12-13-4-6-14(7-5-13)15-8-10-16(21)11-9-15/h4-11H,3,12H2,1-2H3,(H,23,26). The molecule has 6 heteroatoms. The van der Waals surface area contributed by atoms with Crippen molar-refractivity contribution in [2.75, 3.05) is 5.32 Å². The van der Waals surface area contributed by atoms with Crippen molar-refractivity contribution in [2.24, 2.45) is 7.05 Å². The molecule has 0 radical (unpaired) electrons. The number of anilines is 1. The number of nitrogens with one attached hydrogen (secondary N) is 1. The Labute approximate surface area is 162 Å². The molecule has 0 bridgehead atoms. The number of aromatic nitrogens is 2. The quantitative estimate of drug-likeness (QED) is 0.658. The predicted molar refractivity (Wildman–Crippen MR) is 107 cm³/mol. The van der Waals surface area contributed by atoms with Crippen LogP contribution >= 0.6 is 23.2 Å². The van der Waals surface area contributed by atoms with Gasteiger partial charge in [0.1, 0.15) is 10.8 Å². The van der Waals surface area contributed by atoms with E-state index in [9.17, 15) is 4.79 Å². The molecular weight excluding hydrogens is 369 g/mol. The van der Waals surface area contributed by atoms with Gasteiger partial charge in [0.15, 0.2) is 0 Å². The zero-order chi connectivity index (χ0) is 18.7. The highest BCUT2D eigenvalue weighted by Crippen LogP contribution is 2.26. The lowest BCUT2D eigenvalue weighted by Crippen LogP contribution is -2.16. The van der Waals surface area contributed by atoms with Gasteiger partial charge in [0.2, 0.25) is 5.91 Å². The van der Waals surface area contributed by atoms with Crippen LogP contribution in [0.25, 0.3) is 11.1 Å². The van der Waals surface area contributed by atoms with Crippen LogP contribution in [0.2, 0.25) is 10.0 Å². The molecule has 1 aromatic heterocycles. The summed E-state index contributed by atoms with van der Waals surface area (Å²) in [6.07, 6.45) is 0.985. The lowest BCUT2D eigenvalue weighted by molar-refractivity contribution is -0.115. The SMILES string of the molecule is CCc1nn(C)c(NC(=O)Cc2ccc(-c3ccc(Cl)cc3)cc2)c1Cl. The first kappa shape index (κ1) is 18.5.